The van der Waals surface area contributed by atoms with E-state index in [-0.39, 0.29) is 0 Å². The van der Waals surface area contributed by atoms with Crippen LogP contribution in [-0.2, 0) is 13.1 Å². The van der Waals surface area contributed by atoms with Gasteiger partial charge in [-0.05, 0) is 37.9 Å². The third-order valence-corrected chi connectivity index (χ3v) is 4.03. The van der Waals surface area contributed by atoms with E-state index in [0.717, 1.165) is 30.7 Å². The first kappa shape index (κ1) is 15.5. The molecule has 1 saturated carbocycles. The standard InChI is InChI=1S/C17H29N3/c1-14(2)12-20(17-9-4-5-10-17)13-16-8-6-7-15(19-16)11-18-3/h6-8,14,17-18H,4-5,9-13H2,1-3H3. The van der Waals surface area contributed by atoms with E-state index in [1.165, 1.54) is 37.9 Å². The molecule has 1 aliphatic carbocycles. The average Bonchev–Trinajstić information content (AvgIpc) is 2.92. The molecule has 0 spiro atoms. The molecule has 0 saturated heterocycles. The molecular weight excluding hydrogens is 246 g/mol. The molecule has 0 amide bonds. The highest BCUT2D eigenvalue weighted by molar-refractivity contribution is 5.11. The van der Waals surface area contributed by atoms with Crippen LogP contribution in [0.1, 0.15) is 50.9 Å². The number of nitrogens with one attached hydrogen (secondary N) is 1. The summed E-state index contributed by atoms with van der Waals surface area (Å²) in [6, 6.07) is 7.17. The molecule has 1 aromatic rings. The lowest BCUT2D eigenvalue weighted by Crippen LogP contribution is -2.36. The Bertz CT molecular complexity index is 397. The summed E-state index contributed by atoms with van der Waals surface area (Å²) in [5.41, 5.74) is 2.35. The summed E-state index contributed by atoms with van der Waals surface area (Å²) in [6.45, 7) is 7.66. The van der Waals surface area contributed by atoms with Crippen LogP contribution >= 0.6 is 0 Å². The smallest absolute Gasteiger partial charge is 0.0547 e. The van der Waals surface area contributed by atoms with E-state index in [1.807, 2.05) is 7.05 Å². The second-order valence-electron chi connectivity index (χ2n) is 6.41. The molecule has 112 valence electrons. The van der Waals surface area contributed by atoms with Crippen LogP contribution in [-0.4, -0.2) is 29.5 Å². The fourth-order valence-corrected chi connectivity index (χ4v) is 3.19. The first-order chi connectivity index (χ1) is 9.69. The summed E-state index contributed by atoms with van der Waals surface area (Å²) in [5, 5.41) is 3.18. The van der Waals surface area contributed by atoms with Crippen molar-refractivity contribution >= 4 is 0 Å². The first-order valence-corrected chi connectivity index (χ1v) is 8.02. The molecule has 1 aliphatic rings. The molecule has 1 aromatic heterocycles. The Labute approximate surface area is 123 Å². The van der Waals surface area contributed by atoms with Crippen LogP contribution in [0.3, 0.4) is 0 Å². The second kappa shape index (κ2) is 7.75. The molecule has 1 N–H and O–H groups in total. The van der Waals surface area contributed by atoms with Crippen LogP contribution in [0.5, 0.6) is 0 Å². The predicted molar refractivity (Wildman–Crippen MR) is 84.5 cm³/mol. The van der Waals surface area contributed by atoms with Crippen molar-refractivity contribution in [3.63, 3.8) is 0 Å². The number of aromatic nitrogens is 1. The lowest BCUT2D eigenvalue weighted by atomic mass is 10.1. The van der Waals surface area contributed by atoms with Gasteiger partial charge in [0, 0.05) is 25.7 Å². The minimum absolute atomic E-state index is 0.719. The van der Waals surface area contributed by atoms with Crippen molar-refractivity contribution < 1.29 is 0 Å². The Balaban J connectivity index is 2.03. The van der Waals surface area contributed by atoms with Crippen molar-refractivity contribution in [2.45, 2.75) is 58.7 Å². The Morgan fingerprint density at radius 1 is 1.25 bits per heavy atom. The van der Waals surface area contributed by atoms with Gasteiger partial charge in [0.25, 0.3) is 0 Å². The zero-order valence-electron chi connectivity index (χ0n) is 13.2. The van der Waals surface area contributed by atoms with Gasteiger partial charge in [-0.25, -0.2) is 0 Å². The van der Waals surface area contributed by atoms with Crippen molar-refractivity contribution in [1.29, 1.82) is 0 Å². The van der Waals surface area contributed by atoms with Gasteiger partial charge in [-0.1, -0.05) is 32.8 Å². The monoisotopic (exact) mass is 275 g/mol. The number of hydrogen-bond acceptors (Lipinski definition) is 3. The van der Waals surface area contributed by atoms with Gasteiger partial charge >= 0.3 is 0 Å². The third kappa shape index (κ3) is 4.57. The van der Waals surface area contributed by atoms with Gasteiger partial charge in [0.2, 0.25) is 0 Å². The Morgan fingerprint density at radius 2 is 1.95 bits per heavy atom. The molecule has 0 radical (unpaired) electrons. The first-order valence-electron chi connectivity index (χ1n) is 8.02. The molecule has 1 heterocycles. The molecule has 1 fully saturated rings. The molecule has 0 aliphatic heterocycles. The van der Waals surface area contributed by atoms with Crippen molar-refractivity contribution in [3.05, 3.63) is 29.6 Å². The van der Waals surface area contributed by atoms with Crippen molar-refractivity contribution in [2.24, 2.45) is 5.92 Å². The molecular formula is C17H29N3. The summed E-state index contributed by atoms with van der Waals surface area (Å²) >= 11 is 0. The van der Waals surface area contributed by atoms with Gasteiger partial charge in [-0.3, -0.25) is 9.88 Å². The molecule has 3 heteroatoms. The Kier molecular flexibility index (Phi) is 5.99. The normalized spacial score (nSPS) is 16.4. The SMILES string of the molecule is CNCc1cccc(CN(CC(C)C)C2CCCC2)n1. The number of nitrogens with zero attached hydrogens (tertiary/aromatic N) is 2. The van der Waals surface area contributed by atoms with Gasteiger partial charge in [0.15, 0.2) is 0 Å². The molecule has 2 rings (SSSR count). The van der Waals surface area contributed by atoms with Crippen LogP contribution in [0, 0.1) is 5.92 Å². The summed E-state index contributed by atoms with van der Waals surface area (Å²) in [6.07, 6.45) is 5.52. The molecule has 20 heavy (non-hydrogen) atoms. The maximum Gasteiger partial charge on any atom is 0.0547 e. The zero-order valence-corrected chi connectivity index (χ0v) is 13.2. The zero-order chi connectivity index (χ0) is 14.4. The van der Waals surface area contributed by atoms with Gasteiger partial charge < -0.3 is 5.32 Å². The number of rotatable bonds is 7. The second-order valence-corrected chi connectivity index (χ2v) is 6.41. The molecule has 0 atom stereocenters. The van der Waals surface area contributed by atoms with E-state index in [1.54, 1.807) is 0 Å². The topological polar surface area (TPSA) is 28.2 Å². The van der Waals surface area contributed by atoms with E-state index in [4.69, 9.17) is 4.98 Å². The lowest BCUT2D eigenvalue weighted by Gasteiger charge is -2.30. The van der Waals surface area contributed by atoms with Gasteiger partial charge in [0.1, 0.15) is 0 Å². The van der Waals surface area contributed by atoms with Crippen molar-refractivity contribution in [1.82, 2.24) is 15.2 Å². The predicted octanol–water partition coefficient (Wildman–Crippen LogP) is 3.20. The fourth-order valence-electron chi connectivity index (χ4n) is 3.19. The number of pyridine rings is 1. The number of hydrogen-bond donors (Lipinski definition) is 1. The van der Waals surface area contributed by atoms with Crippen LogP contribution in [0.2, 0.25) is 0 Å². The Morgan fingerprint density at radius 3 is 2.60 bits per heavy atom. The minimum Gasteiger partial charge on any atom is -0.314 e. The van der Waals surface area contributed by atoms with Gasteiger partial charge in [-0.15, -0.1) is 0 Å². The third-order valence-electron chi connectivity index (χ3n) is 4.03. The Hall–Kier alpha value is -0.930. The van der Waals surface area contributed by atoms with Crippen LogP contribution in [0.25, 0.3) is 0 Å². The fraction of sp³-hybridized carbons (Fsp3) is 0.706. The van der Waals surface area contributed by atoms with Crippen molar-refractivity contribution in [2.75, 3.05) is 13.6 Å². The highest BCUT2D eigenvalue weighted by Gasteiger charge is 2.23. The molecule has 0 bridgehead atoms. The van der Waals surface area contributed by atoms with Crippen molar-refractivity contribution in [3.8, 4) is 0 Å². The summed E-state index contributed by atoms with van der Waals surface area (Å²) in [4.78, 5) is 7.43. The van der Waals surface area contributed by atoms with E-state index in [0.29, 0.717) is 0 Å². The summed E-state index contributed by atoms with van der Waals surface area (Å²) < 4.78 is 0. The molecule has 3 nitrogen and oxygen atoms in total. The largest absolute Gasteiger partial charge is 0.314 e. The minimum atomic E-state index is 0.719. The summed E-state index contributed by atoms with van der Waals surface area (Å²) in [5.74, 6) is 0.719. The van der Waals surface area contributed by atoms with Gasteiger partial charge in [0.05, 0.1) is 11.4 Å². The maximum absolute atomic E-state index is 4.78. The average molecular weight is 275 g/mol. The highest BCUT2D eigenvalue weighted by Crippen LogP contribution is 2.25. The van der Waals surface area contributed by atoms with E-state index < -0.39 is 0 Å². The molecule has 0 aromatic carbocycles. The quantitative estimate of drug-likeness (QED) is 0.828. The van der Waals surface area contributed by atoms with E-state index in [9.17, 15) is 0 Å². The highest BCUT2D eigenvalue weighted by atomic mass is 15.2. The lowest BCUT2D eigenvalue weighted by molar-refractivity contribution is 0.166. The summed E-state index contributed by atoms with van der Waals surface area (Å²) in [7, 11) is 1.97. The van der Waals surface area contributed by atoms with Gasteiger partial charge in [-0.2, -0.15) is 0 Å². The van der Waals surface area contributed by atoms with Crippen LogP contribution < -0.4 is 5.32 Å². The van der Waals surface area contributed by atoms with Crippen LogP contribution in [0.4, 0.5) is 0 Å². The maximum atomic E-state index is 4.78. The van der Waals surface area contributed by atoms with Crippen LogP contribution in [0.15, 0.2) is 18.2 Å². The molecule has 0 unspecified atom stereocenters. The van der Waals surface area contributed by atoms with E-state index in [2.05, 4.69) is 42.3 Å². The van der Waals surface area contributed by atoms with E-state index >= 15 is 0 Å².